The molecule has 0 aliphatic carbocycles. The van der Waals surface area contributed by atoms with E-state index in [1.54, 1.807) is 6.07 Å². The molecule has 1 aromatic rings. The lowest BCUT2D eigenvalue weighted by Gasteiger charge is -2.33. The van der Waals surface area contributed by atoms with Crippen LogP contribution in [0.25, 0.3) is 0 Å². The molecule has 2 rings (SSSR count). The van der Waals surface area contributed by atoms with E-state index in [0.717, 1.165) is 31.5 Å². The first-order chi connectivity index (χ1) is 9.01. The highest BCUT2D eigenvalue weighted by Gasteiger charge is 2.35. The quantitative estimate of drug-likeness (QED) is 0.880. The van der Waals surface area contributed by atoms with Crippen molar-refractivity contribution in [1.29, 1.82) is 0 Å². The number of benzene rings is 1. The summed E-state index contributed by atoms with van der Waals surface area (Å²) in [5.74, 6) is -0.211. The first-order valence-corrected chi connectivity index (χ1v) is 6.78. The van der Waals surface area contributed by atoms with E-state index in [4.69, 9.17) is 0 Å². The Kier molecular flexibility index (Phi) is 4.20. The molecule has 1 aliphatic heterocycles. The Balaban J connectivity index is 2.02. The fraction of sp³-hybridized carbons (Fsp3) is 0.533. The smallest absolute Gasteiger partial charge is 0.226 e. The molecule has 0 bridgehead atoms. The Morgan fingerprint density at radius 1 is 1.42 bits per heavy atom. The highest BCUT2D eigenvalue weighted by atomic mass is 19.1. The molecule has 1 amide bonds. The van der Waals surface area contributed by atoms with Crippen LogP contribution in [0.5, 0.6) is 0 Å². The van der Waals surface area contributed by atoms with Gasteiger partial charge in [-0.1, -0.05) is 19.1 Å². The van der Waals surface area contributed by atoms with E-state index in [0.29, 0.717) is 0 Å². The number of piperidine rings is 1. The largest absolute Gasteiger partial charge is 0.349 e. The van der Waals surface area contributed by atoms with Gasteiger partial charge in [0, 0.05) is 5.41 Å². The summed E-state index contributed by atoms with van der Waals surface area (Å²) in [5.41, 5.74) is 0.484. The highest BCUT2D eigenvalue weighted by Crippen LogP contribution is 2.29. The van der Waals surface area contributed by atoms with Crippen LogP contribution in [0.15, 0.2) is 24.3 Å². The zero-order valence-electron chi connectivity index (χ0n) is 11.5. The molecule has 104 valence electrons. The summed E-state index contributed by atoms with van der Waals surface area (Å²) < 4.78 is 13.2. The molecule has 19 heavy (non-hydrogen) atoms. The summed E-state index contributed by atoms with van der Waals surface area (Å²) in [4.78, 5) is 12.4. The maximum Gasteiger partial charge on any atom is 0.226 e. The molecule has 1 aliphatic rings. The van der Waals surface area contributed by atoms with Crippen LogP contribution in [0.2, 0.25) is 0 Å². The SMILES string of the molecule is C[C@@H](NC(=O)C1(C)CCNCC1)c1cccc(F)c1. The van der Waals surface area contributed by atoms with Crippen molar-refractivity contribution in [1.82, 2.24) is 10.6 Å². The van der Waals surface area contributed by atoms with Gasteiger partial charge in [-0.25, -0.2) is 4.39 Å². The maximum atomic E-state index is 13.2. The first kappa shape index (κ1) is 14.0. The van der Waals surface area contributed by atoms with E-state index < -0.39 is 0 Å². The second-order valence-electron chi connectivity index (χ2n) is 5.56. The van der Waals surface area contributed by atoms with E-state index in [-0.39, 0.29) is 23.2 Å². The van der Waals surface area contributed by atoms with E-state index in [2.05, 4.69) is 10.6 Å². The number of hydrogen-bond donors (Lipinski definition) is 2. The second kappa shape index (κ2) is 5.70. The Bertz CT molecular complexity index is 455. The van der Waals surface area contributed by atoms with Crippen molar-refractivity contribution in [2.75, 3.05) is 13.1 Å². The standard InChI is InChI=1S/C15H21FN2O/c1-11(12-4-3-5-13(16)10-12)18-14(19)15(2)6-8-17-9-7-15/h3-5,10-11,17H,6-9H2,1-2H3,(H,18,19)/t11-/m1/s1. The van der Waals surface area contributed by atoms with Crippen LogP contribution in [0.3, 0.4) is 0 Å². The fourth-order valence-corrected chi connectivity index (χ4v) is 2.44. The monoisotopic (exact) mass is 264 g/mol. The molecule has 3 nitrogen and oxygen atoms in total. The van der Waals surface area contributed by atoms with Gasteiger partial charge in [0.1, 0.15) is 5.82 Å². The van der Waals surface area contributed by atoms with Gasteiger partial charge in [0.15, 0.2) is 0 Å². The Labute approximate surface area is 113 Å². The average Bonchev–Trinajstić information content (AvgIpc) is 2.39. The van der Waals surface area contributed by atoms with Crippen molar-refractivity contribution in [3.8, 4) is 0 Å². The maximum absolute atomic E-state index is 13.2. The van der Waals surface area contributed by atoms with Crippen molar-refractivity contribution in [2.24, 2.45) is 5.41 Å². The lowest BCUT2D eigenvalue weighted by molar-refractivity contribution is -0.132. The predicted octanol–water partition coefficient (Wildman–Crippen LogP) is 2.39. The number of carbonyl (C=O) groups is 1. The number of rotatable bonds is 3. The zero-order valence-corrected chi connectivity index (χ0v) is 11.5. The molecule has 1 saturated heterocycles. The molecular weight excluding hydrogens is 243 g/mol. The van der Waals surface area contributed by atoms with Crippen LogP contribution in [-0.2, 0) is 4.79 Å². The lowest BCUT2D eigenvalue weighted by atomic mass is 9.80. The Morgan fingerprint density at radius 3 is 2.74 bits per heavy atom. The third-order valence-corrected chi connectivity index (χ3v) is 3.95. The van der Waals surface area contributed by atoms with Crippen molar-refractivity contribution in [2.45, 2.75) is 32.7 Å². The molecule has 1 fully saturated rings. The van der Waals surface area contributed by atoms with E-state index in [1.165, 1.54) is 12.1 Å². The van der Waals surface area contributed by atoms with Crippen LogP contribution < -0.4 is 10.6 Å². The van der Waals surface area contributed by atoms with Crippen molar-refractivity contribution in [3.63, 3.8) is 0 Å². The van der Waals surface area contributed by atoms with Gasteiger partial charge in [-0.05, 0) is 50.6 Å². The summed E-state index contributed by atoms with van der Waals surface area (Å²) in [6.45, 7) is 5.63. The second-order valence-corrected chi connectivity index (χ2v) is 5.56. The molecule has 0 unspecified atom stereocenters. The van der Waals surface area contributed by atoms with Gasteiger partial charge in [0.25, 0.3) is 0 Å². The van der Waals surface area contributed by atoms with E-state index in [1.807, 2.05) is 19.9 Å². The van der Waals surface area contributed by atoms with E-state index >= 15 is 0 Å². The predicted molar refractivity (Wildman–Crippen MR) is 73.2 cm³/mol. The number of hydrogen-bond acceptors (Lipinski definition) is 2. The molecule has 4 heteroatoms. The molecule has 1 atom stereocenters. The summed E-state index contributed by atoms with van der Waals surface area (Å²) in [7, 11) is 0. The molecule has 0 aromatic heterocycles. The van der Waals surface area contributed by atoms with Gasteiger partial charge >= 0.3 is 0 Å². The fourth-order valence-electron chi connectivity index (χ4n) is 2.44. The normalized spacial score (nSPS) is 19.7. The molecule has 0 radical (unpaired) electrons. The van der Waals surface area contributed by atoms with Crippen molar-refractivity contribution >= 4 is 5.91 Å². The van der Waals surface area contributed by atoms with Gasteiger partial charge in [-0.2, -0.15) is 0 Å². The summed E-state index contributed by atoms with van der Waals surface area (Å²) in [6, 6.07) is 6.20. The van der Waals surface area contributed by atoms with E-state index in [9.17, 15) is 9.18 Å². The third-order valence-electron chi connectivity index (χ3n) is 3.95. The number of halogens is 1. The summed E-state index contributed by atoms with van der Waals surface area (Å²) >= 11 is 0. The van der Waals surface area contributed by atoms with Gasteiger partial charge < -0.3 is 10.6 Å². The molecule has 1 aromatic carbocycles. The van der Waals surface area contributed by atoms with Crippen molar-refractivity contribution in [3.05, 3.63) is 35.6 Å². The minimum absolute atomic E-state index is 0.0609. The highest BCUT2D eigenvalue weighted by molar-refractivity contribution is 5.82. The average molecular weight is 264 g/mol. The topological polar surface area (TPSA) is 41.1 Å². The molecule has 1 heterocycles. The van der Waals surface area contributed by atoms with Crippen molar-refractivity contribution < 1.29 is 9.18 Å². The van der Waals surface area contributed by atoms with Crippen LogP contribution in [0, 0.1) is 11.2 Å². The minimum atomic E-state index is -0.313. The first-order valence-electron chi connectivity index (χ1n) is 6.78. The number of amides is 1. The van der Waals surface area contributed by atoms with Crippen LogP contribution >= 0.6 is 0 Å². The van der Waals surface area contributed by atoms with Crippen LogP contribution in [0.4, 0.5) is 4.39 Å². The van der Waals surface area contributed by atoms with Gasteiger partial charge in [-0.3, -0.25) is 4.79 Å². The van der Waals surface area contributed by atoms with Gasteiger partial charge in [0.05, 0.1) is 6.04 Å². The van der Waals surface area contributed by atoms with Crippen LogP contribution in [0.1, 0.15) is 38.3 Å². The van der Waals surface area contributed by atoms with Crippen LogP contribution in [-0.4, -0.2) is 19.0 Å². The lowest BCUT2D eigenvalue weighted by Crippen LogP contribution is -2.46. The minimum Gasteiger partial charge on any atom is -0.349 e. The number of carbonyl (C=O) groups excluding carboxylic acids is 1. The molecule has 0 spiro atoms. The molecular formula is C15H21FN2O. The Morgan fingerprint density at radius 2 is 2.11 bits per heavy atom. The summed E-state index contributed by atoms with van der Waals surface area (Å²) in [6.07, 6.45) is 1.68. The third kappa shape index (κ3) is 3.32. The molecule has 2 N–H and O–H groups in total. The molecule has 0 saturated carbocycles. The van der Waals surface area contributed by atoms with Gasteiger partial charge in [0.2, 0.25) is 5.91 Å². The van der Waals surface area contributed by atoms with Gasteiger partial charge in [-0.15, -0.1) is 0 Å². The zero-order chi connectivity index (χ0) is 13.9. The Hall–Kier alpha value is -1.42. The number of nitrogens with one attached hydrogen (secondary N) is 2. The summed E-state index contributed by atoms with van der Waals surface area (Å²) in [5, 5.41) is 6.26.